The normalized spacial score (nSPS) is 10.5. The third-order valence-corrected chi connectivity index (χ3v) is 3.82. The molecule has 0 radical (unpaired) electrons. The number of benzene rings is 1. The highest BCUT2D eigenvalue weighted by Crippen LogP contribution is 2.29. The summed E-state index contributed by atoms with van der Waals surface area (Å²) in [6.07, 6.45) is 2.84. The molecule has 0 bridgehead atoms. The smallest absolute Gasteiger partial charge is 0.262 e. The molecule has 6 nitrogen and oxygen atoms in total. The van der Waals surface area contributed by atoms with Crippen molar-refractivity contribution in [1.82, 2.24) is 9.97 Å². The molecule has 0 aliphatic heterocycles. The second-order valence-electron chi connectivity index (χ2n) is 4.23. The van der Waals surface area contributed by atoms with Crippen LogP contribution in [-0.2, 0) is 0 Å². The molecule has 0 aliphatic carbocycles. The number of amides is 1. The van der Waals surface area contributed by atoms with Gasteiger partial charge in [0, 0.05) is 18.5 Å². The Morgan fingerprint density at radius 3 is 3.00 bits per heavy atom. The average Bonchev–Trinajstić information content (AvgIpc) is 2.88. The van der Waals surface area contributed by atoms with Crippen LogP contribution in [0, 0.1) is 0 Å². The summed E-state index contributed by atoms with van der Waals surface area (Å²) in [5.74, 6) is 0.242. The lowest BCUT2D eigenvalue weighted by molar-refractivity contribution is 0.102. The van der Waals surface area contributed by atoms with Crippen LogP contribution in [0.3, 0.4) is 0 Å². The van der Waals surface area contributed by atoms with E-state index in [1.54, 1.807) is 13.2 Å². The number of carbonyl (C=O) groups is 1. The van der Waals surface area contributed by atoms with Gasteiger partial charge in [-0.25, -0.2) is 4.98 Å². The topological polar surface area (TPSA) is 84.1 Å². The zero-order chi connectivity index (χ0) is 14.8. The van der Waals surface area contributed by atoms with Gasteiger partial charge in [-0.3, -0.25) is 14.9 Å². The second-order valence-corrected chi connectivity index (χ2v) is 5.26. The van der Waals surface area contributed by atoms with E-state index in [-0.39, 0.29) is 11.0 Å². The lowest BCUT2D eigenvalue weighted by Crippen LogP contribution is -2.20. The summed E-state index contributed by atoms with van der Waals surface area (Å²) < 4.78 is 6.04. The van der Waals surface area contributed by atoms with Crippen molar-refractivity contribution >= 4 is 32.6 Å². The molecule has 0 atom stereocenters. The Hall–Kier alpha value is -2.67. The Kier molecular flexibility index (Phi) is 3.41. The highest BCUT2D eigenvalue weighted by Gasteiger charge is 2.12. The molecule has 0 spiro atoms. The Bertz CT molecular complexity index is 869. The third kappa shape index (κ3) is 2.63. The minimum atomic E-state index is -0.483. The number of H-pyrrole nitrogens is 1. The van der Waals surface area contributed by atoms with Crippen molar-refractivity contribution < 1.29 is 9.53 Å². The molecule has 0 aliphatic rings. The standard InChI is InChI=1S/C14H11N3O3S/c1-20-8-2-3-10-12(6-8)21-14(16-10)17-13(19)9-7-15-5-4-11(9)18/h2-7H,1H3,(H,15,18)(H,16,17,19). The van der Waals surface area contributed by atoms with Crippen LogP contribution in [0.5, 0.6) is 5.75 Å². The number of rotatable bonds is 3. The molecular formula is C14H11N3O3S. The molecule has 0 unspecified atom stereocenters. The summed E-state index contributed by atoms with van der Waals surface area (Å²) in [6, 6.07) is 6.77. The number of hydrogen-bond donors (Lipinski definition) is 2. The van der Waals surface area contributed by atoms with E-state index in [4.69, 9.17) is 4.74 Å². The van der Waals surface area contributed by atoms with E-state index in [1.165, 1.54) is 29.8 Å². The fourth-order valence-corrected chi connectivity index (χ4v) is 2.73. The number of pyridine rings is 1. The first-order valence-corrected chi connectivity index (χ1v) is 6.92. The minimum Gasteiger partial charge on any atom is -0.497 e. The maximum absolute atomic E-state index is 12.0. The summed E-state index contributed by atoms with van der Waals surface area (Å²) >= 11 is 1.32. The second kappa shape index (κ2) is 5.37. The zero-order valence-electron chi connectivity index (χ0n) is 11.0. The molecule has 0 saturated heterocycles. The number of aromatic amines is 1. The Morgan fingerprint density at radius 2 is 2.24 bits per heavy atom. The Labute approximate surface area is 123 Å². The van der Waals surface area contributed by atoms with Crippen molar-refractivity contribution in [2.24, 2.45) is 0 Å². The van der Waals surface area contributed by atoms with E-state index in [9.17, 15) is 9.59 Å². The lowest BCUT2D eigenvalue weighted by atomic mass is 10.2. The summed E-state index contributed by atoms with van der Waals surface area (Å²) in [7, 11) is 1.59. The van der Waals surface area contributed by atoms with Gasteiger partial charge < -0.3 is 9.72 Å². The van der Waals surface area contributed by atoms with Gasteiger partial charge in [-0.2, -0.15) is 0 Å². The number of methoxy groups -OCH3 is 1. The van der Waals surface area contributed by atoms with E-state index >= 15 is 0 Å². The van der Waals surface area contributed by atoms with E-state index in [2.05, 4.69) is 15.3 Å². The predicted molar refractivity (Wildman–Crippen MR) is 81.2 cm³/mol. The van der Waals surface area contributed by atoms with E-state index < -0.39 is 5.91 Å². The van der Waals surface area contributed by atoms with Gasteiger partial charge in [0.1, 0.15) is 11.3 Å². The summed E-state index contributed by atoms with van der Waals surface area (Å²) in [5, 5.41) is 3.07. The SMILES string of the molecule is COc1ccc2nc(NC(=O)c3c[nH]ccc3=O)sc2c1. The van der Waals surface area contributed by atoms with E-state index in [0.717, 1.165) is 16.0 Å². The number of hydrogen-bond acceptors (Lipinski definition) is 5. The molecule has 0 fully saturated rings. The van der Waals surface area contributed by atoms with Gasteiger partial charge in [-0.1, -0.05) is 11.3 Å². The fourth-order valence-electron chi connectivity index (χ4n) is 1.84. The van der Waals surface area contributed by atoms with Crippen molar-refractivity contribution in [3.63, 3.8) is 0 Å². The molecular weight excluding hydrogens is 290 g/mol. The van der Waals surface area contributed by atoms with Crippen molar-refractivity contribution in [2.45, 2.75) is 0 Å². The predicted octanol–water partition coefficient (Wildman–Crippen LogP) is 2.25. The van der Waals surface area contributed by atoms with Gasteiger partial charge in [-0.05, 0) is 18.2 Å². The monoisotopic (exact) mass is 301 g/mol. The molecule has 0 saturated carbocycles. The number of fused-ring (bicyclic) bond motifs is 1. The number of anilines is 1. The fraction of sp³-hybridized carbons (Fsp3) is 0.0714. The number of carbonyl (C=O) groups excluding carboxylic acids is 1. The van der Waals surface area contributed by atoms with Crippen LogP contribution in [0.25, 0.3) is 10.2 Å². The Morgan fingerprint density at radius 1 is 1.38 bits per heavy atom. The van der Waals surface area contributed by atoms with Crippen LogP contribution in [0.2, 0.25) is 0 Å². The van der Waals surface area contributed by atoms with Crippen molar-refractivity contribution in [1.29, 1.82) is 0 Å². The maximum Gasteiger partial charge on any atom is 0.262 e. The van der Waals surface area contributed by atoms with Gasteiger partial charge in [0.2, 0.25) is 0 Å². The third-order valence-electron chi connectivity index (χ3n) is 2.88. The van der Waals surface area contributed by atoms with Crippen LogP contribution < -0.4 is 15.5 Å². The number of aromatic nitrogens is 2. The summed E-state index contributed by atoms with van der Waals surface area (Å²) in [6.45, 7) is 0. The number of ether oxygens (including phenoxy) is 1. The summed E-state index contributed by atoms with van der Waals surface area (Å²) in [5.41, 5.74) is 0.474. The zero-order valence-corrected chi connectivity index (χ0v) is 11.9. The first-order valence-electron chi connectivity index (χ1n) is 6.10. The van der Waals surface area contributed by atoms with Crippen LogP contribution >= 0.6 is 11.3 Å². The first kappa shape index (κ1) is 13.3. The first-order chi connectivity index (χ1) is 10.2. The quantitative estimate of drug-likeness (QED) is 0.777. The molecule has 2 aromatic heterocycles. The van der Waals surface area contributed by atoms with Crippen molar-refractivity contribution in [3.8, 4) is 5.75 Å². The van der Waals surface area contributed by atoms with Crippen LogP contribution in [0.4, 0.5) is 5.13 Å². The minimum absolute atomic E-state index is 0.0503. The maximum atomic E-state index is 12.0. The van der Waals surface area contributed by atoms with Crippen LogP contribution in [0.1, 0.15) is 10.4 Å². The number of thiazole rings is 1. The van der Waals surface area contributed by atoms with Gasteiger partial charge >= 0.3 is 0 Å². The molecule has 1 amide bonds. The van der Waals surface area contributed by atoms with Crippen molar-refractivity contribution in [2.75, 3.05) is 12.4 Å². The van der Waals surface area contributed by atoms with Gasteiger partial charge in [0.05, 0.1) is 17.3 Å². The molecule has 3 rings (SSSR count). The summed E-state index contributed by atoms with van der Waals surface area (Å²) in [4.78, 5) is 30.7. The lowest BCUT2D eigenvalue weighted by Gasteiger charge is -1.99. The molecule has 1 aromatic carbocycles. The van der Waals surface area contributed by atoms with E-state index in [0.29, 0.717) is 5.13 Å². The molecule has 2 heterocycles. The van der Waals surface area contributed by atoms with Gasteiger partial charge in [-0.15, -0.1) is 0 Å². The van der Waals surface area contributed by atoms with Crippen LogP contribution in [0.15, 0.2) is 41.5 Å². The molecule has 2 N–H and O–H groups in total. The largest absolute Gasteiger partial charge is 0.497 e. The molecule has 3 aromatic rings. The Balaban J connectivity index is 1.90. The molecule has 7 heteroatoms. The van der Waals surface area contributed by atoms with Gasteiger partial charge in [0.15, 0.2) is 10.6 Å². The van der Waals surface area contributed by atoms with Crippen LogP contribution in [-0.4, -0.2) is 23.0 Å². The number of nitrogens with zero attached hydrogens (tertiary/aromatic N) is 1. The molecule has 21 heavy (non-hydrogen) atoms. The molecule has 106 valence electrons. The van der Waals surface area contributed by atoms with Gasteiger partial charge in [0.25, 0.3) is 5.91 Å². The number of nitrogens with one attached hydrogen (secondary N) is 2. The average molecular weight is 301 g/mol. The van der Waals surface area contributed by atoms with Crippen molar-refractivity contribution in [3.05, 3.63) is 52.4 Å². The highest BCUT2D eigenvalue weighted by atomic mass is 32.1. The highest BCUT2D eigenvalue weighted by molar-refractivity contribution is 7.22. The van der Waals surface area contributed by atoms with E-state index in [1.807, 2.05) is 12.1 Å².